The van der Waals surface area contributed by atoms with Gasteiger partial charge in [0, 0.05) is 25.5 Å². The summed E-state index contributed by atoms with van der Waals surface area (Å²) in [7, 11) is 0. The molecule has 0 unspecified atom stereocenters. The Kier molecular flexibility index (Phi) is 4.58. The normalized spacial score (nSPS) is 13.9. The minimum Gasteiger partial charge on any atom is -0.331 e. The number of aromatic nitrogens is 2. The van der Waals surface area contributed by atoms with Crippen molar-refractivity contribution in [1.82, 2.24) is 14.9 Å². The summed E-state index contributed by atoms with van der Waals surface area (Å²) >= 11 is 0. The van der Waals surface area contributed by atoms with Gasteiger partial charge in [0.15, 0.2) is 0 Å². The lowest BCUT2D eigenvalue weighted by atomic mass is 9.94. The first-order chi connectivity index (χ1) is 13.4. The molecule has 0 atom stereocenters. The molecule has 3 aromatic rings. The fourth-order valence-corrected chi connectivity index (χ4v) is 3.31. The van der Waals surface area contributed by atoms with E-state index in [4.69, 9.17) is 0 Å². The second-order valence-electron chi connectivity index (χ2n) is 6.61. The molecule has 2 heterocycles. The highest BCUT2D eigenvalue weighted by molar-refractivity contribution is 5.90. The van der Waals surface area contributed by atoms with E-state index in [1.54, 1.807) is 11.0 Å². The molecule has 0 saturated carbocycles. The molecule has 28 heavy (non-hydrogen) atoms. The summed E-state index contributed by atoms with van der Waals surface area (Å²) in [6.45, 7) is 0.991. The second-order valence-corrected chi connectivity index (χ2v) is 6.61. The van der Waals surface area contributed by atoms with E-state index in [1.165, 1.54) is 24.5 Å². The number of hydrogen-bond acceptors (Lipinski definition) is 3. The zero-order valence-electron chi connectivity index (χ0n) is 14.8. The summed E-state index contributed by atoms with van der Waals surface area (Å²) < 4.78 is 38.3. The van der Waals surface area contributed by atoms with Gasteiger partial charge in [-0.2, -0.15) is 13.2 Å². The van der Waals surface area contributed by atoms with Gasteiger partial charge < -0.3 is 4.90 Å². The van der Waals surface area contributed by atoms with Gasteiger partial charge in [0.1, 0.15) is 0 Å². The maximum Gasteiger partial charge on any atom is 0.416 e. The first-order valence-corrected chi connectivity index (χ1v) is 8.77. The highest BCUT2D eigenvalue weighted by Gasteiger charge is 2.30. The highest BCUT2D eigenvalue weighted by atomic mass is 19.4. The maximum absolute atomic E-state index is 12.8. The zero-order chi connectivity index (χ0) is 19.7. The van der Waals surface area contributed by atoms with E-state index in [1.807, 2.05) is 18.2 Å². The molecule has 0 spiro atoms. The van der Waals surface area contributed by atoms with Crippen LogP contribution in [0.15, 0.2) is 60.9 Å². The van der Waals surface area contributed by atoms with E-state index in [2.05, 4.69) is 9.97 Å². The molecule has 0 saturated heterocycles. The predicted octanol–water partition coefficient (Wildman–Crippen LogP) is 4.36. The zero-order valence-corrected chi connectivity index (χ0v) is 14.8. The van der Waals surface area contributed by atoms with Gasteiger partial charge in [-0.3, -0.25) is 4.79 Å². The summed E-state index contributed by atoms with van der Waals surface area (Å²) in [5.41, 5.74) is 2.96. The van der Waals surface area contributed by atoms with E-state index in [-0.39, 0.29) is 11.7 Å². The Balaban J connectivity index is 1.58. The molecule has 0 aliphatic carbocycles. The van der Waals surface area contributed by atoms with E-state index in [0.717, 1.165) is 28.8 Å². The van der Waals surface area contributed by atoms with Gasteiger partial charge in [-0.15, -0.1) is 0 Å². The summed E-state index contributed by atoms with van der Waals surface area (Å²) in [6, 6.07) is 12.6. The number of carbonyl (C=O) groups is 1. The minimum absolute atomic E-state index is 0.157. The van der Waals surface area contributed by atoms with Crippen LogP contribution in [-0.2, 0) is 19.1 Å². The smallest absolute Gasteiger partial charge is 0.331 e. The van der Waals surface area contributed by atoms with E-state index in [9.17, 15) is 18.0 Å². The Morgan fingerprint density at radius 1 is 0.929 bits per heavy atom. The number of alkyl halides is 3. The molecule has 0 N–H and O–H groups in total. The van der Waals surface area contributed by atoms with Crippen LogP contribution in [0.4, 0.5) is 13.2 Å². The first-order valence-electron chi connectivity index (χ1n) is 8.77. The van der Waals surface area contributed by atoms with Crippen LogP contribution in [0.3, 0.4) is 0 Å². The van der Waals surface area contributed by atoms with Gasteiger partial charge in [0.25, 0.3) is 5.91 Å². The van der Waals surface area contributed by atoms with Crippen molar-refractivity contribution in [3.63, 3.8) is 0 Å². The van der Waals surface area contributed by atoms with Crippen molar-refractivity contribution in [3.8, 4) is 11.1 Å². The molecule has 0 fully saturated rings. The second kappa shape index (κ2) is 7.07. The fourth-order valence-electron chi connectivity index (χ4n) is 3.31. The first kappa shape index (κ1) is 18.2. The van der Waals surface area contributed by atoms with Crippen LogP contribution in [-0.4, -0.2) is 27.3 Å². The molecular weight excluding hydrogens is 367 g/mol. The number of nitrogens with zero attached hydrogens (tertiary/aromatic N) is 3. The Morgan fingerprint density at radius 2 is 1.61 bits per heavy atom. The van der Waals surface area contributed by atoms with Crippen LogP contribution in [0.5, 0.6) is 0 Å². The van der Waals surface area contributed by atoms with Crippen molar-refractivity contribution in [2.75, 3.05) is 6.54 Å². The average Bonchev–Trinajstić information content (AvgIpc) is 2.72. The lowest BCUT2D eigenvalue weighted by Crippen LogP contribution is -2.36. The van der Waals surface area contributed by atoms with Crippen molar-refractivity contribution >= 4 is 5.91 Å². The quantitative estimate of drug-likeness (QED) is 0.661. The number of rotatable bonds is 2. The molecular formula is C21H16F3N3O. The Hall–Kier alpha value is -3.22. The van der Waals surface area contributed by atoms with Crippen LogP contribution in [0.2, 0.25) is 0 Å². The van der Waals surface area contributed by atoms with Crippen LogP contribution < -0.4 is 0 Å². The van der Waals surface area contributed by atoms with Gasteiger partial charge in [-0.05, 0) is 52.9 Å². The summed E-state index contributed by atoms with van der Waals surface area (Å²) in [5.74, 6) is -0.0731. The van der Waals surface area contributed by atoms with E-state index < -0.39 is 11.7 Å². The Bertz CT molecular complexity index is 1000. The molecule has 1 aromatic heterocycles. The van der Waals surface area contributed by atoms with Crippen molar-refractivity contribution in [2.45, 2.75) is 19.1 Å². The summed E-state index contributed by atoms with van der Waals surface area (Å²) in [4.78, 5) is 22.3. The number of fused-ring (bicyclic) bond motifs is 1. The topological polar surface area (TPSA) is 46.1 Å². The predicted molar refractivity (Wildman–Crippen MR) is 97.4 cm³/mol. The standard InChI is InChI=1S/C21H16F3N3O/c22-21(23,24)18-6-4-14(5-7-18)16-3-2-15-8-11-27(13-17(15)12-16)20(28)19-25-9-1-10-26-19/h1-7,9-10,12H,8,11,13H2. The SMILES string of the molecule is O=C(c1ncccn1)N1CCc2ccc(-c3ccc(C(F)(F)F)cc3)cc2C1. The maximum atomic E-state index is 12.8. The molecule has 1 aliphatic heterocycles. The van der Waals surface area contributed by atoms with Crippen molar-refractivity contribution in [2.24, 2.45) is 0 Å². The average molecular weight is 383 g/mol. The minimum atomic E-state index is -4.35. The molecule has 0 bridgehead atoms. The van der Waals surface area contributed by atoms with Crippen molar-refractivity contribution < 1.29 is 18.0 Å². The molecule has 2 aromatic carbocycles. The fraction of sp³-hybridized carbons (Fsp3) is 0.190. The monoisotopic (exact) mass is 383 g/mol. The number of carbonyl (C=O) groups excluding carboxylic acids is 1. The van der Waals surface area contributed by atoms with Crippen molar-refractivity contribution in [3.05, 3.63) is 83.4 Å². The third kappa shape index (κ3) is 3.60. The molecule has 142 valence electrons. The Labute approximate surface area is 159 Å². The van der Waals surface area contributed by atoms with Gasteiger partial charge >= 0.3 is 6.18 Å². The molecule has 7 heteroatoms. The third-order valence-electron chi connectivity index (χ3n) is 4.81. The number of halogens is 3. The van der Waals surface area contributed by atoms with Crippen molar-refractivity contribution in [1.29, 1.82) is 0 Å². The van der Waals surface area contributed by atoms with Crippen LogP contribution >= 0.6 is 0 Å². The van der Waals surface area contributed by atoms with Crippen LogP contribution in [0.25, 0.3) is 11.1 Å². The largest absolute Gasteiger partial charge is 0.416 e. The van der Waals surface area contributed by atoms with E-state index >= 15 is 0 Å². The highest BCUT2D eigenvalue weighted by Crippen LogP contribution is 2.32. The van der Waals surface area contributed by atoms with Crippen LogP contribution in [0, 0.1) is 0 Å². The number of hydrogen-bond donors (Lipinski definition) is 0. The van der Waals surface area contributed by atoms with Crippen LogP contribution in [0.1, 0.15) is 27.3 Å². The lowest BCUT2D eigenvalue weighted by Gasteiger charge is -2.28. The third-order valence-corrected chi connectivity index (χ3v) is 4.81. The lowest BCUT2D eigenvalue weighted by molar-refractivity contribution is -0.137. The van der Waals surface area contributed by atoms with Gasteiger partial charge in [-0.1, -0.05) is 24.3 Å². The molecule has 4 rings (SSSR count). The van der Waals surface area contributed by atoms with Gasteiger partial charge in [0.2, 0.25) is 5.82 Å². The summed E-state index contributed by atoms with van der Waals surface area (Å²) in [5, 5.41) is 0. The molecule has 1 aliphatic rings. The number of amides is 1. The molecule has 0 radical (unpaired) electrons. The number of benzene rings is 2. The molecule has 1 amide bonds. The van der Waals surface area contributed by atoms with E-state index in [0.29, 0.717) is 25.1 Å². The van der Waals surface area contributed by atoms with Gasteiger partial charge in [0.05, 0.1) is 5.56 Å². The Morgan fingerprint density at radius 3 is 2.29 bits per heavy atom. The summed E-state index contributed by atoms with van der Waals surface area (Å²) in [6.07, 6.45) is -0.586. The molecule has 4 nitrogen and oxygen atoms in total. The van der Waals surface area contributed by atoms with Gasteiger partial charge in [-0.25, -0.2) is 9.97 Å².